The van der Waals surface area contributed by atoms with Gasteiger partial charge in [-0.1, -0.05) is 193 Å². The Balaban J connectivity index is 0.000000145. The van der Waals surface area contributed by atoms with Crippen LogP contribution in [0.4, 0.5) is 0 Å². The summed E-state index contributed by atoms with van der Waals surface area (Å²) in [7, 11) is 29.8. The number of fused-ring (bicyclic) bond motifs is 2. The molecule has 7 aliphatic heterocycles. The van der Waals surface area contributed by atoms with Crippen LogP contribution in [-0.4, -0.2) is 80.5 Å². The third-order valence-corrected chi connectivity index (χ3v) is 30.3. The third-order valence-electron chi connectivity index (χ3n) is 11.8. The first-order chi connectivity index (χ1) is 23.3. The lowest BCUT2D eigenvalue weighted by molar-refractivity contribution is 0.164. The lowest BCUT2D eigenvalue weighted by Gasteiger charge is -2.46. The Kier molecular flexibility index (Phi) is 22.0. The van der Waals surface area contributed by atoms with Crippen molar-refractivity contribution in [3.8, 4) is 0 Å². The van der Waals surface area contributed by atoms with Gasteiger partial charge in [0.25, 0.3) is 0 Å². The third kappa shape index (κ3) is 13.2. The minimum atomic E-state index is 0.896. The first-order valence-electron chi connectivity index (χ1n) is 18.1. The Morgan fingerprint density at radius 2 is 0.312 bits per heavy atom. The maximum atomic E-state index is 2.52. The first kappa shape index (κ1) is 44.0. The molecule has 0 aromatic carbocycles. The van der Waals surface area contributed by atoms with Crippen molar-refractivity contribution < 1.29 is 0 Å². The molecule has 0 aromatic rings. The summed E-state index contributed by atoms with van der Waals surface area (Å²) in [6.45, 7) is 14.9. The molecule has 0 saturated carbocycles. The Morgan fingerprint density at radius 3 is 0.500 bits per heavy atom. The van der Waals surface area contributed by atoms with Gasteiger partial charge in [0, 0.05) is 80.5 Å². The highest BCUT2D eigenvalue weighted by molar-refractivity contribution is 8.78. The summed E-state index contributed by atoms with van der Waals surface area (Å²) in [5.74, 6) is 32.6. The molecule has 7 heterocycles. The van der Waals surface area contributed by atoms with Crippen LogP contribution in [0.1, 0.15) is 41.5 Å². The van der Waals surface area contributed by atoms with Crippen molar-refractivity contribution in [3.63, 3.8) is 0 Å². The Hall–Kier alpha value is 4.90. The Morgan fingerprint density at radius 1 is 0.188 bits per heavy atom. The first-order valence-corrected chi connectivity index (χ1v) is 35.5. The molecule has 7 saturated heterocycles. The van der Waals surface area contributed by atoms with Gasteiger partial charge in [0.2, 0.25) is 0 Å². The van der Waals surface area contributed by atoms with Gasteiger partial charge in [-0.25, -0.2) is 0 Å². The fourth-order valence-electron chi connectivity index (χ4n) is 8.08. The number of rotatable bonds is 0. The molecule has 0 amide bonds. The second-order valence-electron chi connectivity index (χ2n) is 15.2. The summed E-state index contributed by atoms with van der Waals surface area (Å²) in [6, 6.07) is 0. The predicted molar refractivity (Wildman–Crippen MR) is 257 cm³/mol. The van der Waals surface area contributed by atoms with Crippen molar-refractivity contribution >= 4 is 151 Å². The molecule has 0 N–H and O–H groups in total. The van der Waals surface area contributed by atoms with Crippen LogP contribution < -0.4 is 0 Å². The largest absolute Gasteiger partial charge is 0.0939 e. The van der Waals surface area contributed by atoms with Gasteiger partial charge >= 0.3 is 0 Å². The summed E-state index contributed by atoms with van der Waals surface area (Å²) in [4.78, 5) is 0. The molecule has 0 spiro atoms. The lowest BCUT2D eigenvalue weighted by atomic mass is 9.71. The van der Waals surface area contributed by atoms with Crippen molar-refractivity contribution in [1.29, 1.82) is 0 Å². The summed E-state index contributed by atoms with van der Waals surface area (Å²) in [5, 5.41) is 0. The van der Waals surface area contributed by atoms with Crippen LogP contribution in [0.25, 0.3) is 0 Å². The Labute approximate surface area is 351 Å². The quantitative estimate of drug-likeness (QED) is 0.212. The van der Waals surface area contributed by atoms with Gasteiger partial charge < -0.3 is 0 Å². The molecule has 7 rings (SSSR count). The van der Waals surface area contributed by atoms with Crippen LogP contribution in [0.5, 0.6) is 0 Å². The standard InChI is InChI=1S/C14H24S6.2C10H18S4/c1-9-3-15-19-8-14-12-6-18-17-5-11(9)13(14)7-20-16-4-10(12)2;1-7-3-11-14-6-10-8(2)4-12-13-5-9(7)10;1-7-3-11-12-4-8(2)10-6-14-13-5-9(7)10/h9-14H,3-8H2,1-2H3;2*7-10H,3-6H2,1-2H3. The van der Waals surface area contributed by atoms with Gasteiger partial charge in [0.1, 0.15) is 0 Å². The zero-order chi connectivity index (χ0) is 33.9. The average molecular weight is 918 g/mol. The van der Waals surface area contributed by atoms with Crippen LogP contribution in [0, 0.1) is 82.9 Å². The fraction of sp³-hybridized carbons (Fsp3) is 1.00. The van der Waals surface area contributed by atoms with E-state index in [0.717, 1.165) is 82.9 Å². The second-order valence-corrected chi connectivity index (χ2v) is 33.0. The number of hydrogen-bond acceptors (Lipinski definition) is 14. The second kappa shape index (κ2) is 24.0. The molecular formula is C34H60S14. The van der Waals surface area contributed by atoms with Gasteiger partial charge in [-0.2, -0.15) is 0 Å². The highest BCUT2D eigenvalue weighted by Crippen LogP contribution is 2.53. The van der Waals surface area contributed by atoms with E-state index in [4.69, 9.17) is 0 Å². The monoisotopic (exact) mass is 916 g/mol. The SMILES string of the molecule is CC1CSSCC(C)C2CSSCC12.CC1CSSCC2C(C)CSSCC12.CC1CSSCC2C3CSSCC1C2CSSCC3C. The summed E-state index contributed by atoms with van der Waals surface area (Å²) < 4.78 is 0. The molecule has 14 atom stereocenters. The zero-order valence-corrected chi connectivity index (χ0v) is 41.1. The molecule has 7 aliphatic rings. The molecule has 48 heavy (non-hydrogen) atoms. The number of hydrogen-bond donors (Lipinski definition) is 0. The van der Waals surface area contributed by atoms with Crippen LogP contribution in [-0.2, 0) is 0 Å². The van der Waals surface area contributed by atoms with Crippen molar-refractivity contribution in [2.24, 2.45) is 82.9 Å². The van der Waals surface area contributed by atoms with Crippen molar-refractivity contribution in [2.75, 3.05) is 80.5 Å². The maximum Gasteiger partial charge on any atom is 0.00714 e. The van der Waals surface area contributed by atoms with E-state index in [9.17, 15) is 0 Å². The molecule has 0 radical (unpaired) electrons. The predicted octanol–water partition coefficient (Wildman–Crippen LogP) is 14.5. The molecule has 0 nitrogen and oxygen atoms in total. The summed E-state index contributed by atoms with van der Waals surface area (Å²) in [6.07, 6.45) is 0. The highest BCUT2D eigenvalue weighted by Gasteiger charge is 2.42. The molecule has 7 fully saturated rings. The molecular weight excluding hydrogens is 857 g/mol. The minimum Gasteiger partial charge on any atom is -0.0939 e. The highest BCUT2D eigenvalue weighted by atomic mass is 33.1. The van der Waals surface area contributed by atoms with Gasteiger partial charge in [0.15, 0.2) is 0 Å². The minimum absolute atomic E-state index is 0.896. The van der Waals surface area contributed by atoms with E-state index < -0.39 is 0 Å². The van der Waals surface area contributed by atoms with Crippen LogP contribution >= 0.6 is 151 Å². The lowest BCUT2D eigenvalue weighted by Crippen LogP contribution is -2.42. The normalized spacial score (nSPS) is 45.9. The molecule has 0 aliphatic carbocycles. The van der Waals surface area contributed by atoms with E-state index >= 15 is 0 Å². The van der Waals surface area contributed by atoms with Crippen molar-refractivity contribution in [1.82, 2.24) is 0 Å². The van der Waals surface area contributed by atoms with E-state index in [0.29, 0.717) is 0 Å². The van der Waals surface area contributed by atoms with E-state index in [1.807, 2.05) is 0 Å². The van der Waals surface area contributed by atoms with Crippen LogP contribution in [0.3, 0.4) is 0 Å². The van der Waals surface area contributed by atoms with E-state index in [1.54, 1.807) is 0 Å². The van der Waals surface area contributed by atoms with Crippen molar-refractivity contribution in [2.45, 2.75) is 41.5 Å². The zero-order valence-electron chi connectivity index (χ0n) is 29.7. The summed E-state index contributed by atoms with van der Waals surface area (Å²) in [5.41, 5.74) is 0. The molecule has 4 bridgehead atoms. The molecule has 14 unspecified atom stereocenters. The van der Waals surface area contributed by atoms with Gasteiger partial charge in [0.05, 0.1) is 0 Å². The van der Waals surface area contributed by atoms with Gasteiger partial charge in [-0.3, -0.25) is 0 Å². The van der Waals surface area contributed by atoms with Crippen molar-refractivity contribution in [3.05, 3.63) is 0 Å². The van der Waals surface area contributed by atoms with Crippen LogP contribution in [0.2, 0.25) is 0 Å². The maximum absolute atomic E-state index is 2.52. The van der Waals surface area contributed by atoms with Gasteiger partial charge in [-0.15, -0.1) is 0 Å². The molecule has 14 heteroatoms. The molecule has 0 aromatic heterocycles. The Bertz CT molecular complexity index is 830. The van der Waals surface area contributed by atoms with E-state index in [-0.39, 0.29) is 0 Å². The fourth-order valence-corrected chi connectivity index (χ4v) is 29.6. The van der Waals surface area contributed by atoms with Gasteiger partial charge in [-0.05, 0) is 82.9 Å². The van der Waals surface area contributed by atoms with Crippen LogP contribution in [0.15, 0.2) is 0 Å². The van der Waals surface area contributed by atoms with E-state index in [2.05, 4.69) is 193 Å². The summed E-state index contributed by atoms with van der Waals surface area (Å²) >= 11 is 0. The average Bonchev–Trinajstić information content (AvgIpc) is 3.37. The van der Waals surface area contributed by atoms with E-state index in [1.165, 1.54) is 80.5 Å². The molecule has 280 valence electrons. The smallest absolute Gasteiger partial charge is 0.00714 e. The topological polar surface area (TPSA) is 0 Å².